The summed E-state index contributed by atoms with van der Waals surface area (Å²) in [5.74, 6) is -0.641. The van der Waals surface area contributed by atoms with Crippen LogP contribution in [0, 0.1) is 11.3 Å². The van der Waals surface area contributed by atoms with Crippen molar-refractivity contribution >= 4 is 17.0 Å². The summed E-state index contributed by atoms with van der Waals surface area (Å²) in [5, 5.41) is 9.34. The number of rotatable bonds is 6. The standard InChI is InChI=1S/C25H18F3N3O3/c1-33-23(32)20-7-4-8-21-22(20)31(24(30-21)34-15-25(26,27)28)14-16-9-11-17(12-10-16)19-6-3-2-5-18(19)13-29/h2-12H,14-15H2,1H3. The van der Waals surface area contributed by atoms with Crippen LogP contribution in [-0.2, 0) is 11.3 Å². The van der Waals surface area contributed by atoms with Crippen LogP contribution >= 0.6 is 0 Å². The van der Waals surface area contributed by atoms with E-state index < -0.39 is 18.8 Å². The van der Waals surface area contributed by atoms with Gasteiger partial charge in [-0.25, -0.2) is 4.79 Å². The van der Waals surface area contributed by atoms with Crippen molar-refractivity contribution in [1.82, 2.24) is 9.55 Å². The smallest absolute Gasteiger partial charge is 0.422 e. The summed E-state index contributed by atoms with van der Waals surface area (Å²) < 4.78 is 49.7. The summed E-state index contributed by atoms with van der Waals surface area (Å²) in [7, 11) is 1.22. The number of aromatic nitrogens is 2. The molecule has 0 spiro atoms. The van der Waals surface area contributed by atoms with Crippen molar-refractivity contribution in [3.63, 3.8) is 0 Å². The molecule has 0 saturated carbocycles. The van der Waals surface area contributed by atoms with E-state index in [-0.39, 0.29) is 18.1 Å². The second-order valence-corrected chi connectivity index (χ2v) is 7.40. The summed E-state index contributed by atoms with van der Waals surface area (Å²) in [6.45, 7) is -1.42. The molecule has 4 rings (SSSR count). The van der Waals surface area contributed by atoms with Crippen LogP contribution in [0.2, 0.25) is 0 Å². The minimum Gasteiger partial charge on any atom is -0.465 e. The molecule has 0 bridgehead atoms. The maximum absolute atomic E-state index is 12.8. The fourth-order valence-corrected chi connectivity index (χ4v) is 3.65. The molecule has 0 aliphatic rings. The van der Waals surface area contributed by atoms with Gasteiger partial charge >= 0.3 is 12.1 Å². The molecule has 0 N–H and O–H groups in total. The molecule has 9 heteroatoms. The number of nitriles is 1. The van der Waals surface area contributed by atoms with Crippen molar-refractivity contribution in [1.29, 1.82) is 5.26 Å². The second kappa shape index (κ2) is 9.27. The van der Waals surface area contributed by atoms with Gasteiger partial charge in [0.25, 0.3) is 6.01 Å². The molecule has 6 nitrogen and oxygen atoms in total. The second-order valence-electron chi connectivity index (χ2n) is 7.40. The molecule has 0 atom stereocenters. The zero-order valence-corrected chi connectivity index (χ0v) is 18.0. The molecule has 0 amide bonds. The van der Waals surface area contributed by atoms with Gasteiger partial charge in [0.1, 0.15) is 0 Å². The first-order valence-electron chi connectivity index (χ1n) is 10.2. The number of ether oxygens (including phenoxy) is 2. The lowest BCUT2D eigenvalue weighted by Crippen LogP contribution is -2.21. The SMILES string of the molecule is COC(=O)c1cccc2nc(OCC(F)(F)F)n(Cc3ccc(-c4ccccc4C#N)cc3)c12. The van der Waals surface area contributed by atoms with E-state index in [4.69, 9.17) is 9.47 Å². The molecule has 0 aliphatic carbocycles. The van der Waals surface area contributed by atoms with E-state index in [2.05, 4.69) is 11.1 Å². The van der Waals surface area contributed by atoms with Crippen molar-refractivity contribution in [3.8, 4) is 23.2 Å². The van der Waals surface area contributed by atoms with Crippen LogP contribution in [0.4, 0.5) is 13.2 Å². The highest BCUT2D eigenvalue weighted by Gasteiger charge is 2.30. The first-order valence-corrected chi connectivity index (χ1v) is 10.2. The highest BCUT2D eigenvalue weighted by molar-refractivity contribution is 6.02. The molecule has 172 valence electrons. The summed E-state index contributed by atoms with van der Waals surface area (Å²) in [6.07, 6.45) is -4.55. The molecule has 0 unspecified atom stereocenters. The van der Waals surface area contributed by atoms with Crippen LogP contribution in [0.1, 0.15) is 21.5 Å². The minimum atomic E-state index is -4.55. The Kier molecular flexibility index (Phi) is 6.23. The number of hydrogen-bond donors (Lipinski definition) is 0. The Labute approximate surface area is 192 Å². The number of methoxy groups -OCH3 is 1. The number of nitrogens with zero attached hydrogens (tertiary/aromatic N) is 3. The molecule has 0 aliphatic heterocycles. The molecular formula is C25H18F3N3O3. The number of imidazole rings is 1. The average molecular weight is 465 g/mol. The lowest BCUT2D eigenvalue weighted by Gasteiger charge is -2.13. The molecule has 4 aromatic rings. The third-order valence-corrected chi connectivity index (χ3v) is 5.16. The Hall–Kier alpha value is -4.32. The third kappa shape index (κ3) is 4.71. The van der Waals surface area contributed by atoms with Gasteiger partial charge in [0.2, 0.25) is 0 Å². The predicted molar refractivity (Wildman–Crippen MR) is 118 cm³/mol. The monoisotopic (exact) mass is 465 g/mol. The van der Waals surface area contributed by atoms with Crippen LogP contribution in [0.25, 0.3) is 22.2 Å². The Morgan fingerprint density at radius 1 is 1.06 bits per heavy atom. The van der Waals surface area contributed by atoms with E-state index in [1.807, 2.05) is 24.3 Å². The number of hydrogen-bond acceptors (Lipinski definition) is 5. The van der Waals surface area contributed by atoms with Crippen LogP contribution in [-0.4, -0.2) is 35.4 Å². The maximum atomic E-state index is 12.8. The van der Waals surface area contributed by atoms with E-state index in [1.165, 1.54) is 17.7 Å². The third-order valence-electron chi connectivity index (χ3n) is 5.16. The molecular weight excluding hydrogens is 447 g/mol. The molecule has 0 radical (unpaired) electrons. The van der Waals surface area contributed by atoms with Gasteiger partial charge in [0.05, 0.1) is 41.9 Å². The molecule has 0 fully saturated rings. The average Bonchev–Trinajstić information content (AvgIpc) is 3.19. The quantitative estimate of drug-likeness (QED) is 0.359. The van der Waals surface area contributed by atoms with E-state index in [0.29, 0.717) is 16.6 Å². The minimum absolute atomic E-state index is 0.0951. The molecule has 0 saturated heterocycles. The van der Waals surface area contributed by atoms with Gasteiger partial charge in [-0.1, -0.05) is 48.5 Å². The number of para-hydroxylation sites is 1. The van der Waals surface area contributed by atoms with Gasteiger partial charge in [-0.05, 0) is 34.9 Å². The van der Waals surface area contributed by atoms with Gasteiger partial charge < -0.3 is 9.47 Å². The summed E-state index contributed by atoms with van der Waals surface area (Å²) in [4.78, 5) is 16.5. The predicted octanol–water partition coefficient (Wildman–Crippen LogP) is 5.35. The number of alkyl halides is 3. The van der Waals surface area contributed by atoms with Gasteiger partial charge in [-0.15, -0.1) is 0 Å². The van der Waals surface area contributed by atoms with Crippen LogP contribution in [0.5, 0.6) is 6.01 Å². The molecule has 1 aromatic heterocycles. The van der Waals surface area contributed by atoms with Crippen molar-refractivity contribution in [2.24, 2.45) is 0 Å². The summed E-state index contributed by atoms with van der Waals surface area (Å²) in [6, 6.07) is 21.0. The van der Waals surface area contributed by atoms with Gasteiger partial charge in [0.15, 0.2) is 6.61 Å². The van der Waals surface area contributed by atoms with Gasteiger partial charge in [-0.2, -0.15) is 23.4 Å². The van der Waals surface area contributed by atoms with Crippen LogP contribution < -0.4 is 4.74 Å². The number of esters is 1. The maximum Gasteiger partial charge on any atom is 0.422 e. The normalized spacial score (nSPS) is 11.3. The van der Waals surface area contributed by atoms with Crippen molar-refractivity contribution < 1.29 is 27.4 Å². The Morgan fingerprint density at radius 2 is 1.79 bits per heavy atom. The summed E-state index contributed by atoms with van der Waals surface area (Å²) in [5.41, 5.74) is 3.63. The van der Waals surface area contributed by atoms with Crippen molar-refractivity contribution in [3.05, 3.63) is 83.4 Å². The van der Waals surface area contributed by atoms with Gasteiger partial charge in [-0.3, -0.25) is 4.57 Å². The highest BCUT2D eigenvalue weighted by atomic mass is 19.4. The van der Waals surface area contributed by atoms with Crippen molar-refractivity contribution in [2.45, 2.75) is 12.7 Å². The lowest BCUT2D eigenvalue weighted by molar-refractivity contribution is -0.155. The number of carbonyl (C=O) groups excluding carboxylic acids is 1. The van der Waals surface area contributed by atoms with Crippen LogP contribution in [0.3, 0.4) is 0 Å². The topological polar surface area (TPSA) is 77.1 Å². The molecule has 3 aromatic carbocycles. The molecule has 34 heavy (non-hydrogen) atoms. The number of benzene rings is 3. The highest BCUT2D eigenvalue weighted by Crippen LogP contribution is 2.29. The Balaban J connectivity index is 1.75. The first-order chi connectivity index (χ1) is 16.3. The summed E-state index contributed by atoms with van der Waals surface area (Å²) >= 11 is 0. The zero-order chi connectivity index (χ0) is 24.3. The van der Waals surface area contributed by atoms with E-state index in [1.54, 1.807) is 36.4 Å². The van der Waals surface area contributed by atoms with Crippen molar-refractivity contribution in [2.75, 3.05) is 13.7 Å². The number of fused-ring (bicyclic) bond motifs is 1. The Morgan fingerprint density at radius 3 is 2.47 bits per heavy atom. The largest absolute Gasteiger partial charge is 0.465 e. The fourth-order valence-electron chi connectivity index (χ4n) is 3.65. The fraction of sp³-hybridized carbons (Fsp3) is 0.160. The molecule has 1 heterocycles. The number of halogens is 3. The van der Waals surface area contributed by atoms with E-state index in [0.717, 1.165) is 16.7 Å². The lowest BCUT2D eigenvalue weighted by atomic mass is 9.99. The van der Waals surface area contributed by atoms with Crippen LogP contribution in [0.15, 0.2) is 66.7 Å². The van der Waals surface area contributed by atoms with Gasteiger partial charge in [0, 0.05) is 0 Å². The number of carbonyl (C=O) groups is 1. The zero-order valence-electron chi connectivity index (χ0n) is 18.0. The van der Waals surface area contributed by atoms with E-state index in [9.17, 15) is 23.2 Å². The van der Waals surface area contributed by atoms with E-state index >= 15 is 0 Å². The first kappa shape index (κ1) is 22.9. The Bertz CT molecular complexity index is 1390.